The number of anilines is 2. The van der Waals surface area contributed by atoms with Crippen molar-refractivity contribution in [3.8, 4) is 5.75 Å². The second-order valence-corrected chi connectivity index (χ2v) is 8.76. The molecule has 1 fully saturated rings. The van der Waals surface area contributed by atoms with Gasteiger partial charge in [-0.2, -0.15) is 0 Å². The first-order valence-corrected chi connectivity index (χ1v) is 11.7. The first kappa shape index (κ1) is 24.9. The number of rotatable bonds is 6. The quantitative estimate of drug-likeness (QED) is 0.430. The number of ether oxygens (including phenoxy) is 2. The average molecular weight is 535 g/mol. The zero-order valence-corrected chi connectivity index (χ0v) is 21.2. The van der Waals surface area contributed by atoms with Crippen LogP contribution in [0.15, 0.2) is 40.9 Å². The summed E-state index contributed by atoms with van der Waals surface area (Å²) in [4.78, 5) is 29.3. The number of thiocarbonyl (C=S) groups is 1. The topological polar surface area (TPSA) is 83.1 Å². The molecule has 0 radical (unpaired) electrons. The second-order valence-electron chi connectivity index (χ2n) is 7.50. The molecule has 176 valence electrons. The third-order valence-corrected chi connectivity index (χ3v) is 6.05. The van der Waals surface area contributed by atoms with E-state index in [9.17, 15) is 9.59 Å². The fourth-order valence-corrected chi connectivity index (χ4v) is 4.14. The molecule has 0 aliphatic carbocycles. The Hall–Kier alpha value is -2.69. The third kappa shape index (κ3) is 6.43. The van der Waals surface area contributed by atoms with Gasteiger partial charge in [0, 0.05) is 31.7 Å². The van der Waals surface area contributed by atoms with Crippen LogP contribution in [0.4, 0.5) is 11.4 Å². The van der Waals surface area contributed by atoms with Crippen LogP contribution in [-0.2, 0) is 4.74 Å². The predicted octanol–water partition coefficient (Wildman–Crippen LogP) is 3.51. The molecule has 10 heteroatoms. The fourth-order valence-electron chi connectivity index (χ4n) is 3.45. The number of carbonyl (C=O) groups is 2. The molecule has 1 heterocycles. The molecular formula is C23H27BrN4O4S. The van der Waals surface area contributed by atoms with Crippen LogP contribution in [0.25, 0.3) is 0 Å². The van der Waals surface area contributed by atoms with Gasteiger partial charge < -0.3 is 24.6 Å². The first-order chi connectivity index (χ1) is 15.8. The number of hydrogen-bond donors (Lipinski definition) is 2. The van der Waals surface area contributed by atoms with Crippen LogP contribution >= 0.6 is 28.1 Å². The molecule has 2 aromatic carbocycles. The number of nitrogens with zero attached hydrogens (tertiary/aromatic N) is 2. The van der Waals surface area contributed by atoms with Crippen LogP contribution in [0.3, 0.4) is 0 Å². The van der Waals surface area contributed by atoms with Gasteiger partial charge in [-0.05, 0) is 78.5 Å². The molecule has 8 nitrogen and oxygen atoms in total. The predicted molar refractivity (Wildman–Crippen MR) is 136 cm³/mol. The SMILES string of the molecule is CCOc1ccc(C(=O)NC(=S)Nc2cc(C(=O)OC)ccc2N2CCN(C)CC2)cc1Br. The normalized spacial score (nSPS) is 13.9. The summed E-state index contributed by atoms with van der Waals surface area (Å²) in [6.07, 6.45) is 0. The largest absolute Gasteiger partial charge is 0.493 e. The highest BCUT2D eigenvalue weighted by Gasteiger charge is 2.20. The zero-order chi connectivity index (χ0) is 24.0. The Morgan fingerprint density at radius 1 is 1.09 bits per heavy atom. The van der Waals surface area contributed by atoms with Crippen molar-refractivity contribution in [2.24, 2.45) is 0 Å². The zero-order valence-electron chi connectivity index (χ0n) is 18.8. The number of methoxy groups -OCH3 is 1. The minimum atomic E-state index is -0.447. The van der Waals surface area contributed by atoms with E-state index in [1.165, 1.54) is 7.11 Å². The van der Waals surface area contributed by atoms with E-state index in [4.69, 9.17) is 21.7 Å². The van der Waals surface area contributed by atoms with Gasteiger partial charge in [0.25, 0.3) is 5.91 Å². The standard InChI is InChI=1S/C23H27BrN4O4S/c1-4-32-20-8-6-15(13-17(20)24)21(29)26-23(33)25-18-14-16(22(30)31-3)5-7-19(18)28-11-9-27(2)10-12-28/h5-8,13-14H,4,9-12H2,1-3H3,(H2,25,26,29,33). The molecule has 0 spiro atoms. The Balaban J connectivity index is 1.77. The van der Waals surface area contributed by atoms with Crippen molar-refractivity contribution < 1.29 is 19.1 Å². The summed E-state index contributed by atoms with van der Waals surface area (Å²) < 4.78 is 11.0. The number of piperazine rings is 1. The Bertz CT molecular complexity index is 1040. The number of halogens is 1. The van der Waals surface area contributed by atoms with E-state index in [-0.39, 0.29) is 11.0 Å². The maximum Gasteiger partial charge on any atom is 0.337 e. The Labute approximate surface area is 207 Å². The monoisotopic (exact) mass is 534 g/mol. The van der Waals surface area contributed by atoms with Crippen molar-refractivity contribution in [3.05, 3.63) is 52.0 Å². The molecule has 1 amide bonds. The maximum absolute atomic E-state index is 12.7. The first-order valence-electron chi connectivity index (χ1n) is 10.5. The van der Waals surface area contributed by atoms with Crippen LogP contribution in [0.5, 0.6) is 5.75 Å². The van der Waals surface area contributed by atoms with Crippen molar-refractivity contribution in [1.82, 2.24) is 10.2 Å². The minimum Gasteiger partial charge on any atom is -0.493 e. The summed E-state index contributed by atoms with van der Waals surface area (Å²) in [6, 6.07) is 10.4. The van der Waals surface area contributed by atoms with Gasteiger partial charge in [-0.25, -0.2) is 4.79 Å². The number of benzene rings is 2. The lowest BCUT2D eigenvalue weighted by molar-refractivity contribution is 0.0600. The number of esters is 1. The summed E-state index contributed by atoms with van der Waals surface area (Å²) in [5, 5.41) is 5.91. The minimum absolute atomic E-state index is 0.127. The lowest BCUT2D eigenvalue weighted by Gasteiger charge is -2.35. The van der Waals surface area contributed by atoms with E-state index in [1.807, 2.05) is 13.0 Å². The lowest BCUT2D eigenvalue weighted by Crippen LogP contribution is -2.45. The average Bonchev–Trinajstić information content (AvgIpc) is 2.80. The van der Waals surface area contributed by atoms with Crippen LogP contribution < -0.4 is 20.3 Å². The molecule has 2 aromatic rings. The van der Waals surface area contributed by atoms with Crippen molar-refractivity contribution >= 4 is 56.5 Å². The second kappa shape index (κ2) is 11.4. The summed E-state index contributed by atoms with van der Waals surface area (Å²) in [5.74, 6) is -0.148. The Morgan fingerprint density at radius 3 is 2.42 bits per heavy atom. The summed E-state index contributed by atoms with van der Waals surface area (Å²) in [7, 11) is 3.42. The molecule has 0 atom stereocenters. The van der Waals surface area contributed by atoms with Crippen LogP contribution in [-0.4, -0.2) is 68.8 Å². The van der Waals surface area contributed by atoms with Crippen molar-refractivity contribution in [3.63, 3.8) is 0 Å². The van der Waals surface area contributed by atoms with E-state index in [0.717, 1.165) is 31.9 Å². The van der Waals surface area contributed by atoms with Gasteiger partial charge in [0.1, 0.15) is 5.75 Å². The molecule has 0 saturated carbocycles. The molecule has 1 aliphatic heterocycles. The highest BCUT2D eigenvalue weighted by Crippen LogP contribution is 2.29. The Kier molecular flexibility index (Phi) is 8.65. The van der Waals surface area contributed by atoms with Gasteiger partial charge in [0.2, 0.25) is 0 Å². The summed E-state index contributed by atoms with van der Waals surface area (Å²) in [5.41, 5.74) is 2.34. The molecule has 0 aromatic heterocycles. The van der Waals surface area contributed by atoms with Crippen LogP contribution in [0.2, 0.25) is 0 Å². The van der Waals surface area contributed by atoms with Crippen molar-refractivity contribution in [1.29, 1.82) is 0 Å². The molecule has 33 heavy (non-hydrogen) atoms. The van der Waals surface area contributed by atoms with E-state index in [0.29, 0.717) is 33.6 Å². The summed E-state index contributed by atoms with van der Waals surface area (Å²) in [6.45, 7) is 5.93. The van der Waals surface area contributed by atoms with Crippen molar-refractivity contribution in [2.45, 2.75) is 6.92 Å². The smallest absolute Gasteiger partial charge is 0.337 e. The molecule has 3 rings (SSSR count). The highest BCUT2D eigenvalue weighted by atomic mass is 79.9. The molecule has 2 N–H and O–H groups in total. The number of amides is 1. The van der Waals surface area contributed by atoms with E-state index in [2.05, 4.69) is 43.4 Å². The lowest BCUT2D eigenvalue weighted by atomic mass is 10.1. The third-order valence-electron chi connectivity index (χ3n) is 5.23. The fraction of sp³-hybridized carbons (Fsp3) is 0.348. The molecular weight excluding hydrogens is 508 g/mol. The van der Waals surface area contributed by atoms with Gasteiger partial charge >= 0.3 is 5.97 Å². The molecule has 1 aliphatic rings. The van der Waals surface area contributed by atoms with Gasteiger partial charge in [-0.3, -0.25) is 10.1 Å². The Morgan fingerprint density at radius 2 is 1.79 bits per heavy atom. The molecule has 1 saturated heterocycles. The molecule has 0 unspecified atom stereocenters. The summed E-state index contributed by atoms with van der Waals surface area (Å²) >= 11 is 8.82. The van der Waals surface area contributed by atoms with E-state index in [1.54, 1.807) is 30.3 Å². The number of likely N-dealkylation sites (N-methyl/N-ethyl adjacent to an activating group) is 1. The maximum atomic E-state index is 12.7. The van der Waals surface area contributed by atoms with Gasteiger partial charge in [0.15, 0.2) is 5.11 Å². The van der Waals surface area contributed by atoms with Crippen LogP contribution in [0, 0.1) is 0 Å². The van der Waals surface area contributed by atoms with Gasteiger partial charge in [0.05, 0.1) is 35.1 Å². The van der Waals surface area contributed by atoms with E-state index >= 15 is 0 Å². The van der Waals surface area contributed by atoms with Crippen LogP contribution in [0.1, 0.15) is 27.6 Å². The molecule has 0 bridgehead atoms. The van der Waals surface area contributed by atoms with Crippen molar-refractivity contribution in [2.75, 3.05) is 57.2 Å². The van der Waals surface area contributed by atoms with Gasteiger partial charge in [-0.15, -0.1) is 0 Å². The van der Waals surface area contributed by atoms with E-state index < -0.39 is 5.97 Å². The number of hydrogen-bond acceptors (Lipinski definition) is 7. The van der Waals surface area contributed by atoms with Gasteiger partial charge in [-0.1, -0.05) is 0 Å². The number of carbonyl (C=O) groups excluding carboxylic acids is 2. The number of nitrogens with one attached hydrogen (secondary N) is 2. The highest BCUT2D eigenvalue weighted by molar-refractivity contribution is 9.10.